The summed E-state index contributed by atoms with van der Waals surface area (Å²) in [5.41, 5.74) is 3.57. The molecule has 0 aromatic heterocycles. The van der Waals surface area contributed by atoms with E-state index in [1.807, 2.05) is 66.7 Å². The lowest BCUT2D eigenvalue weighted by atomic mass is 10.1. The van der Waals surface area contributed by atoms with Gasteiger partial charge < -0.3 is 9.84 Å². The molecule has 30 heavy (non-hydrogen) atoms. The normalized spacial score (nSPS) is 14.7. The number of carboxylic acids is 1. The van der Waals surface area contributed by atoms with Gasteiger partial charge in [0.25, 0.3) is 5.91 Å². The summed E-state index contributed by atoms with van der Waals surface area (Å²) in [7, 11) is 1.60. The standard InChI is InChI=1S/C25H19NO4/c1-30-22-12-10-17(11-13-22)14-20-16-23(18-6-3-2-4-7-18)26(24(20)27)21-9-5-8-19(15-21)25(28)29/h2-16H,1H3,(H,28,29)/b20-14+. The van der Waals surface area contributed by atoms with Gasteiger partial charge in [-0.25, -0.2) is 4.79 Å². The van der Waals surface area contributed by atoms with Crippen LogP contribution in [-0.4, -0.2) is 24.1 Å². The lowest BCUT2D eigenvalue weighted by Crippen LogP contribution is -2.25. The van der Waals surface area contributed by atoms with Crippen LogP contribution in [0.15, 0.2) is 90.5 Å². The van der Waals surface area contributed by atoms with Crippen molar-refractivity contribution in [2.24, 2.45) is 0 Å². The first-order valence-electron chi connectivity index (χ1n) is 9.37. The Kier molecular flexibility index (Phi) is 5.18. The predicted molar refractivity (Wildman–Crippen MR) is 116 cm³/mol. The number of rotatable bonds is 5. The molecule has 3 aromatic rings. The Morgan fingerprint density at radius 3 is 2.37 bits per heavy atom. The SMILES string of the molecule is COc1ccc(/C=C2\C=C(c3ccccc3)N(c3cccc(C(=O)O)c3)C2=O)cc1. The van der Waals surface area contributed by atoms with E-state index in [0.717, 1.165) is 16.9 Å². The summed E-state index contributed by atoms with van der Waals surface area (Å²) in [6.07, 6.45) is 3.64. The molecule has 5 heteroatoms. The van der Waals surface area contributed by atoms with Gasteiger partial charge in [0.15, 0.2) is 0 Å². The first kappa shape index (κ1) is 19.2. The van der Waals surface area contributed by atoms with Crippen LogP contribution in [0, 0.1) is 0 Å². The van der Waals surface area contributed by atoms with Gasteiger partial charge >= 0.3 is 5.97 Å². The Hall–Kier alpha value is -4.12. The van der Waals surface area contributed by atoms with Gasteiger partial charge in [-0.15, -0.1) is 0 Å². The fourth-order valence-corrected chi connectivity index (χ4v) is 3.35. The molecule has 1 aliphatic rings. The monoisotopic (exact) mass is 397 g/mol. The average molecular weight is 397 g/mol. The molecule has 4 rings (SSSR count). The summed E-state index contributed by atoms with van der Waals surface area (Å²) in [5, 5.41) is 9.35. The Morgan fingerprint density at radius 1 is 0.967 bits per heavy atom. The third kappa shape index (κ3) is 3.73. The quantitative estimate of drug-likeness (QED) is 0.624. The third-order valence-electron chi connectivity index (χ3n) is 4.84. The molecule has 0 fully saturated rings. The number of carbonyl (C=O) groups excluding carboxylic acids is 1. The van der Waals surface area contributed by atoms with Crippen molar-refractivity contribution in [2.45, 2.75) is 0 Å². The first-order valence-corrected chi connectivity index (χ1v) is 9.37. The maximum Gasteiger partial charge on any atom is 0.335 e. The number of anilines is 1. The van der Waals surface area contributed by atoms with Gasteiger partial charge in [-0.1, -0.05) is 48.5 Å². The van der Waals surface area contributed by atoms with Gasteiger partial charge in [0.2, 0.25) is 0 Å². The predicted octanol–water partition coefficient (Wildman–Crippen LogP) is 4.86. The molecule has 3 aromatic carbocycles. The van der Waals surface area contributed by atoms with Crippen molar-refractivity contribution >= 4 is 29.3 Å². The Balaban J connectivity index is 1.80. The fourth-order valence-electron chi connectivity index (χ4n) is 3.35. The molecule has 1 heterocycles. The van der Waals surface area contributed by atoms with Gasteiger partial charge in [-0.2, -0.15) is 0 Å². The van der Waals surface area contributed by atoms with Crippen LogP contribution in [0.2, 0.25) is 0 Å². The van der Waals surface area contributed by atoms with Crippen molar-refractivity contribution < 1.29 is 19.4 Å². The zero-order valence-electron chi connectivity index (χ0n) is 16.3. The smallest absolute Gasteiger partial charge is 0.335 e. The van der Waals surface area contributed by atoms with Crippen molar-refractivity contribution in [1.29, 1.82) is 0 Å². The largest absolute Gasteiger partial charge is 0.497 e. The number of nitrogens with zero attached hydrogens (tertiary/aromatic N) is 1. The average Bonchev–Trinajstić information content (AvgIpc) is 3.11. The van der Waals surface area contributed by atoms with E-state index in [0.29, 0.717) is 17.0 Å². The van der Waals surface area contributed by atoms with E-state index in [1.165, 1.54) is 12.1 Å². The topological polar surface area (TPSA) is 66.8 Å². The number of benzene rings is 3. The number of aromatic carboxylic acids is 1. The minimum Gasteiger partial charge on any atom is -0.497 e. The number of methoxy groups -OCH3 is 1. The summed E-state index contributed by atoms with van der Waals surface area (Å²) < 4.78 is 5.18. The molecule has 1 N–H and O–H groups in total. The molecule has 0 saturated heterocycles. The van der Waals surface area contributed by atoms with Gasteiger partial charge in [0, 0.05) is 5.57 Å². The molecule has 0 aliphatic carbocycles. The number of carbonyl (C=O) groups is 2. The minimum absolute atomic E-state index is 0.125. The molecular weight excluding hydrogens is 378 g/mol. The molecule has 0 spiro atoms. The lowest BCUT2D eigenvalue weighted by molar-refractivity contribution is -0.113. The minimum atomic E-state index is -1.04. The summed E-state index contributed by atoms with van der Waals surface area (Å²) >= 11 is 0. The van der Waals surface area contributed by atoms with Crippen LogP contribution in [0.25, 0.3) is 11.8 Å². The number of hydrogen-bond acceptors (Lipinski definition) is 3. The van der Waals surface area contributed by atoms with E-state index in [9.17, 15) is 14.7 Å². The van der Waals surface area contributed by atoms with Crippen LogP contribution in [0.5, 0.6) is 5.75 Å². The van der Waals surface area contributed by atoms with Crippen molar-refractivity contribution in [3.05, 3.63) is 107 Å². The fraction of sp³-hybridized carbons (Fsp3) is 0.0400. The van der Waals surface area contributed by atoms with Crippen LogP contribution in [0.1, 0.15) is 21.5 Å². The highest BCUT2D eigenvalue weighted by Crippen LogP contribution is 2.35. The van der Waals surface area contributed by atoms with Crippen LogP contribution in [0.3, 0.4) is 0 Å². The molecule has 0 bridgehead atoms. The number of hydrogen-bond donors (Lipinski definition) is 1. The molecule has 0 unspecified atom stereocenters. The zero-order chi connectivity index (χ0) is 21.1. The van der Waals surface area contributed by atoms with Crippen molar-refractivity contribution in [1.82, 2.24) is 0 Å². The first-order chi connectivity index (χ1) is 14.6. The maximum absolute atomic E-state index is 13.3. The van der Waals surface area contributed by atoms with E-state index in [1.54, 1.807) is 24.1 Å². The van der Waals surface area contributed by atoms with Crippen molar-refractivity contribution in [3.8, 4) is 5.75 Å². The van der Waals surface area contributed by atoms with Crippen molar-refractivity contribution in [3.63, 3.8) is 0 Å². The summed E-state index contributed by atoms with van der Waals surface area (Å²) in [4.78, 5) is 26.3. The van der Waals surface area contributed by atoms with Crippen molar-refractivity contribution in [2.75, 3.05) is 12.0 Å². The lowest BCUT2D eigenvalue weighted by Gasteiger charge is -2.21. The highest BCUT2D eigenvalue weighted by molar-refractivity contribution is 6.23. The highest BCUT2D eigenvalue weighted by atomic mass is 16.5. The van der Waals surface area contributed by atoms with E-state index in [2.05, 4.69) is 0 Å². The second-order valence-electron chi connectivity index (χ2n) is 6.76. The maximum atomic E-state index is 13.3. The summed E-state index contributed by atoms with van der Waals surface area (Å²) in [5.74, 6) is -0.516. The molecular formula is C25H19NO4. The summed E-state index contributed by atoms with van der Waals surface area (Å²) in [6, 6.07) is 23.4. The van der Waals surface area contributed by atoms with Crippen LogP contribution in [0.4, 0.5) is 5.69 Å². The zero-order valence-corrected chi connectivity index (χ0v) is 16.3. The van der Waals surface area contributed by atoms with E-state index < -0.39 is 5.97 Å². The van der Waals surface area contributed by atoms with Crippen LogP contribution in [-0.2, 0) is 4.79 Å². The molecule has 148 valence electrons. The molecule has 1 amide bonds. The molecule has 0 atom stereocenters. The molecule has 0 saturated carbocycles. The van der Waals surface area contributed by atoms with Gasteiger partial charge in [0.05, 0.1) is 24.1 Å². The number of ether oxygens (including phenoxy) is 1. The Labute approximate surface area is 174 Å². The number of carboxylic acid groups (broad SMARTS) is 1. The second-order valence-corrected chi connectivity index (χ2v) is 6.76. The van der Waals surface area contributed by atoms with Gasteiger partial charge in [0.1, 0.15) is 5.75 Å². The van der Waals surface area contributed by atoms with E-state index in [-0.39, 0.29) is 11.5 Å². The highest BCUT2D eigenvalue weighted by Gasteiger charge is 2.30. The number of amides is 1. The van der Waals surface area contributed by atoms with E-state index >= 15 is 0 Å². The third-order valence-corrected chi connectivity index (χ3v) is 4.84. The van der Waals surface area contributed by atoms with Gasteiger partial charge in [-0.05, 0) is 53.6 Å². The second kappa shape index (κ2) is 8.09. The Bertz CT molecular complexity index is 1160. The van der Waals surface area contributed by atoms with Gasteiger partial charge in [-0.3, -0.25) is 9.69 Å². The summed E-state index contributed by atoms with van der Waals surface area (Å²) in [6.45, 7) is 0. The Morgan fingerprint density at radius 2 is 1.70 bits per heavy atom. The molecule has 5 nitrogen and oxygen atoms in total. The molecule has 1 aliphatic heterocycles. The molecule has 0 radical (unpaired) electrons. The van der Waals surface area contributed by atoms with E-state index in [4.69, 9.17) is 4.74 Å². The van der Waals surface area contributed by atoms with Crippen LogP contribution >= 0.6 is 0 Å². The van der Waals surface area contributed by atoms with Crippen LogP contribution < -0.4 is 9.64 Å².